The average Bonchev–Trinajstić information content (AvgIpc) is 2.35. The lowest BCUT2D eigenvalue weighted by Gasteiger charge is -2.07. The highest BCUT2D eigenvalue weighted by atomic mass is 79.9. The first kappa shape index (κ1) is 16.6. The quantitative estimate of drug-likeness (QED) is 0.689. The van der Waals surface area contributed by atoms with Gasteiger partial charge in [-0.3, -0.25) is 0 Å². The summed E-state index contributed by atoms with van der Waals surface area (Å²) >= 11 is 3.21. The molecule has 0 radical (unpaired) electrons. The van der Waals surface area contributed by atoms with Gasteiger partial charge in [-0.15, -0.1) is 0 Å². The molecular formula is C10H15BrN2O4S2. The molecule has 1 aromatic carbocycles. The molecule has 0 unspecified atom stereocenters. The van der Waals surface area contributed by atoms with E-state index in [0.717, 1.165) is 4.47 Å². The highest BCUT2D eigenvalue weighted by molar-refractivity contribution is 9.10. The van der Waals surface area contributed by atoms with Gasteiger partial charge in [0.2, 0.25) is 20.0 Å². The minimum atomic E-state index is -3.61. The van der Waals surface area contributed by atoms with Crippen LogP contribution in [0.3, 0.4) is 0 Å². The molecule has 0 atom stereocenters. The van der Waals surface area contributed by atoms with E-state index in [1.54, 1.807) is 12.1 Å². The van der Waals surface area contributed by atoms with Crippen molar-refractivity contribution in [3.8, 4) is 0 Å². The summed E-state index contributed by atoms with van der Waals surface area (Å²) < 4.78 is 51.3. The molecule has 0 fully saturated rings. The van der Waals surface area contributed by atoms with Crippen molar-refractivity contribution in [1.29, 1.82) is 0 Å². The van der Waals surface area contributed by atoms with Gasteiger partial charge in [0.05, 0.1) is 10.6 Å². The first-order valence-electron chi connectivity index (χ1n) is 5.49. The fourth-order valence-corrected chi connectivity index (χ4v) is 3.10. The van der Waals surface area contributed by atoms with E-state index in [2.05, 4.69) is 25.4 Å². The third-order valence-corrected chi connectivity index (χ3v) is 5.65. The van der Waals surface area contributed by atoms with Crippen LogP contribution < -0.4 is 9.44 Å². The Labute approximate surface area is 121 Å². The normalized spacial score (nSPS) is 12.5. The molecule has 0 saturated carbocycles. The van der Waals surface area contributed by atoms with E-state index >= 15 is 0 Å². The summed E-state index contributed by atoms with van der Waals surface area (Å²) in [6.45, 7) is 1.53. The Hall–Kier alpha value is -0.480. The highest BCUT2D eigenvalue weighted by Gasteiger charge is 2.13. The number of benzene rings is 1. The highest BCUT2D eigenvalue weighted by Crippen LogP contribution is 2.14. The average molecular weight is 371 g/mol. The number of halogens is 1. The standard InChI is InChI=1S/C10H15BrN2O4S2/c1-2-18(14,15)12-7-8-13-19(16,17)10-5-3-9(11)4-6-10/h3-6,12-13H,2,7-8H2,1H3. The molecule has 0 aliphatic heterocycles. The summed E-state index contributed by atoms with van der Waals surface area (Å²) in [4.78, 5) is 0.133. The molecule has 1 aromatic rings. The Kier molecular flexibility index (Phi) is 5.93. The minimum absolute atomic E-state index is 0.00235. The second kappa shape index (κ2) is 6.80. The Balaban J connectivity index is 2.55. The van der Waals surface area contributed by atoms with Crippen molar-refractivity contribution < 1.29 is 16.8 Å². The Bertz CT molecular complexity index is 611. The molecule has 0 aliphatic rings. The van der Waals surface area contributed by atoms with Gasteiger partial charge in [0, 0.05) is 17.6 Å². The zero-order chi connectivity index (χ0) is 14.5. The lowest BCUT2D eigenvalue weighted by atomic mass is 10.4. The molecule has 0 heterocycles. The maximum absolute atomic E-state index is 11.8. The smallest absolute Gasteiger partial charge is 0.214 e. The van der Waals surface area contributed by atoms with Gasteiger partial charge in [-0.1, -0.05) is 15.9 Å². The molecule has 1 rings (SSSR count). The van der Waals surface area contributed by atoms with E-state index in [4.69, 9.17) is 0 Å². The zero-order valence-corrected chi connectivity index (χ0v) is 13.5. The van der Waals surface area contributed by atoms with E-state index in [-0.39, 0.29) is 23.7 Å². The van der Waals surface area contributed by atoms with Crippen molar-refractivity contribution in [2.75, 3.05) is 18.8 Å². The van der Waals surface area contributed by atoms with Crippen LogP contribution in [0.1, 0.15) is 6.92 Å². The fraction of sp³-hybridized carbons (Fsp3) is 0.400. The van der Waals surface area contributed by atoms with Crippen LogP contribution in [-0.4, -0.2) is 35.7 Å². The number of sulfonamides is 2. The molecule has 0 saturated heterocycles. The number of rotatable bonds is 7. The third-order valence-electron chi connectivity index (χ3n) is 2.24. The van der Waals surface area contributed by atoms with Gasteiger partial charge in [0.25, 0.3) is 0 Å². The molecule has 0 spiro atoms. The van der Waals surface area contributed by atoms with Gasteiger partial charge < -0.3 is 0 Å². The van der Waals surface area contributed by atoms with Crippen LogP contribution in [0.25, 0.3) is 0 Å². The van der Waals surface area contributed by atoms with Crippen molar-refractivity contribution in [3.63, 3.8) is 0 Å². The Morgan fingerprint density at radius 2 is 1.53 bits per heavy atom. The zero-order valence-electron chi connectivity index (χ0n) is 10.3. The van der Waals surface area contributed by atoms with Crippen molar-refractivity contribution in [3.05, 3.63) is 28.7 Å². The van der Waals surface area contributed by atoms with Crippen LogP contribution in [0.15, 0.2) is 33.6 Å². The third kappa shape index (κ3) is 5.57. The van der Waals surface area contributed by atoms with Crippen LogP contribution in [0.4, 0.5) is 0 Å². The Morgan fingerprint density at radius 1 is 1.00 bits per heavy atom. The maximum atomic E-state index is 11.8. The predicted molar refractivity (Wildman–Crippen MR) is 76.8 cm³/mol. The van der Waals surface area contributed by atoms with Crippen LogP contribution in [0.5, 0.6) is 0 Å². The lowest BCUT2D eigenvalue weighted by Crippen LogP contribution is -2.35. The van der Waals surface area contributed by atoms with Gasteiger partial charge in [-0.2, -0.15) is 0 Å². The van der Waals surface area contributed by atoms with Gasteiger partial charge in [-0.05, 0) is 31.2 Å². The molecule has 0 bridgehead atoms. The largest absolute Gasteiger partial charge is 0.240 e. The van der Waals surface area contributed by atoms with Crippen LogP contribution in [-0.2, 0) is 20.0 Å². The molecule has 0 aromatic heterocycles. The lowest BCUT2D eigenvalue weighted by molar-refractivity contribution is 0.571. The second-order valence-electron chi connectivity index (χ2n) is 3.65. The summed E-state index contributed by atoms with van der Waals surface area (Å²) in [5.41, 5.74) is 0. The van der Waals surface area contributed by atoms with Gasteiger partial charge >= 0.3 is 0 Å². The predicted octanol–water partition coefficient (Wildman–Crippen LogP) is 0.667. The molecule has 9 heteroatoms. The van der Waals surface area contributed by atoms with Crippen LogP contribution in [0.2, 0.25) is 0 Å². The summed E-state index contributed by atoms with van der Waals surface area (Å²) in [5.74, 6) is -0.0353. The summed E-state index contributed by atoms with van der Waals surface area (Å²) in [6.07, 6.45) is 0. The Morgan fingerprint density at radius 3 is 2.05 bits per heavy atom. The molecule has 0 amide bonds. The number of nitrogens with one attached hydrogen (secondary N) is 2. The van der Waals surface area contributed by atoms with Crippen LogP contribution in [0, 0.1) is 0 Å². The second-order valence-corrected chi connectivity index (χ2v) is 8.43. The van der Waals surface area contributed by atoms with E-state index in [9.17, 15) is 16.8 Å². The minimum Gasteiger partial charge on any atom is -0.214 e. The van der Waals surface area contributed by atoms with Crippen molar-refractivity contribution in [1.82, 2.24) is 9.44 Å². The first-order valence-corrected chi connectivity index (χ1v) is 9.42. The van der Waals surface area contributed by atoms with Gasteiger partial charge in [0.15, 0.2) is 0 Å². The molecule has 6 nitrogen and oxygen atoms in total. The monoisotopic (exact) mass is 370 g/mol. The number of hydrogen-bond donors (Lipinski definition) is 2. The van der Waals surface area contributed by atoms with Crippen molar-refractivity contribution >= 4 is 36.0 Å². The summed E-state index contributed by atoms with van der Waals surface area (Å²) in [5, 5.41) is 0. The molecule has 19 heavy (non-hydrogen) atoms. The van der Waals surface area contributed by atoms with Crippen molar-refractivity contribution in [2.24, 2.45) is 0 Å². The number of hydrogen-bond acceptors (Lipinski definition) is 4. The van der Waals surface area contributed by atoms with E-state index in [1.165, 1.54) is 19.1 Å². The molecule has 108 valence electrons. The van der Waals surface area contributed by atoms with E-state index in [1.807, 2.05) is 0 Å². The fourth-order valence-electron chi connectivity index (χ4n) is 1.19. The molecule has 0 aliphatic carbocycles. The molecular weight excluding hydrogens is 356 g/mol. The van der Waals surface area contributed by atoms with Gasteiger partial charge in [0.1, 0.15) is 0 Å². The maximum Gasteiger partial charge on any atom is 0.240 e. The van der Waals surface area contributed by atoms with Gasteiger partial charge in [-0.25, -0.2) is 26.3 Å². The van der Waals surface area contributed by atoms with E-state index in [0.29, 0.717) is 0 Å². The molecule has 2 N–H and O–H groups in total. The van der Waals surface area contributed by atoms with E-state index < -0.39 is 20.0 Å². The van der Waals surface area contributed by atoms with Crippen molar-refractivity contribution in [2.45, 2.75) is 11.8 Å². The summed E-state index contributed by atoms with van der Waals surface area (Å²) in [7, 11) is -6.91. The first-order chi connectivity index (χ1) is 8.77. The topological polar surface area (TPSA) is 92.3 Å². The SMILES string of the molecule is CCS(=O)(=O)NCCNS(=O)(=O)c1ccc(Br)cc1. The summed E-state index contributed by atoms with van der Waals surface area (Å²) in [6, 6.07) is 6.16. The van der Waals surface area contributed by atoms with Crippen LogP contribution >= 0.6 is 15.9 Å².